The quantitative estimate of drug-likeness (QED) is 0.397. The van der Waals surface area contributed by atoms with Crippen LogP contribution in [0.3, 0.4) is 0 Å². The van der Waals surface area contributed by atoms with Crippen molar-refractivity contribution in [2.24, 2.45) is 5.41 Å². The van der Waals surface area contributed by atoms with Crippen molar-refractivity contribution in [1.82, 2.24) is 29.3 Å². The van der Waals surface area contributed by atoms with Gasteiger partial charge in [0.15, 0.2) is 0 Å². The normalized spacial score (nSPS) is 18.9. The lowest BCUT2D eigenvalue weighted by Crippen LogP contribution is -2.55. The van der Waals surface area contributed by atoms with Crippen molar-refractivity contribution >= 4 is 46.4 Å². The van der Waals surface area contributed by atoms with Crippen LogP contribution < -0.4 is 10.2 Å². The molecule has 1 aliphatic carbocycles. The number of likely N-dealkylation sites (tertiary alicyclic amines) is 1. The fourth-order valence-electron chi connectivity index (χ4n) is 6.95. The third-order valence-electron chi connectivity index (χ3n) is 9.30. The van der Waals surface area contributed by atoms with E-state index in [1.54, 1.807) is 36.3 Å². The molecule has 6 rings (SSSR count). The lowest BCUT2D eigenvalue weighted by atomic mass is 9.71. The average molecular weight is 617 g/mol. The zero-order chi connectivity index (χ0) is 31.9. The average Bonchev–Trinajstić information content (AvgIpc) is 3.66. The second-order valence-electron chi connectivity index (χ2n) is 13.8. The molecule has 5 heterocycles. The van der Waals surface area contributed by atoms with Gasteiger partial charge >= 0.3 is 6.09 Å². The fourth-order valence-corrected chi connectivity index (χ4v) is 6.95. The highest BCUT2D eigenvalue weighted by Crippen LogP contribution is 2.42. The molecular formula is C33H44N8O4. The standard InChI is InChI=1S/C33H44N8O4/c1-32(2,3)45-31(44)39-17-14-33(15-18-39)13-8-16-40(29(33)43)24-11-12-26(34-21-24)36-30-35-20-22-19-25(28(42)38(4)5)41(27(22)37-30)23-9-6-7-10-23/h11-12,19-21,23H,6-10,13-18H2,1-5H3,(H,34,35,36,37). The van der Waals surface area contributed by atoms with E-state index in [-0.39, 0.29) is 23.9 Å². The van der Waals surface area contributed by atoms with E-state index in [1.165, 1.54) is 0 Å². The molecule has 1 spiro atoms. The first kappa shape index (κ1) is 30.8. The monoisotopic (exact) mass is 616 g/mol. The predicted molar refractivity (Wildman–Crippen MR) is 172 cm³/mol. The second-order valence-corrected chi connectivity index (χ2v) is 13.8. The molecule has 12 heteroatoms. The van der Waals surface area contributed by atoms with Crippen molar-refractivity contribution in [2.75, 3.05) is 43.9 Å². The van der Waals surface area contributed by atoms with Gasteiger partial charge in [-0.25, -0.2) is 14.8 Å². The van der Waals surface area contributed by atoms with Crippen LogP contribution in [-0.4, -0.2) is 86.6 Å². The van der Waals surface area contributed by atoms with Crippen molar-refractivity contribution in [3.05, 3.63) is 36.3 Å². The summed E-state index contributed by atoms with van der Waals surface area (Å²) in [6.07, 6.45) is 10.4. The zero-order valence-electron chi connectivity index (χ0n) is 27.0. The van der Waals surface area contributed by atoms with E-state index in [2.05, 4.69) is 19.9 Å². The number of anilines is 3. The first-order chi connectivity index (χ1) is 21.4. The van der Waals surface area contributed by atoms with Gasteiger partial charge in [0.05, 0.1) is 17.3 Å². The number of aromatic nitrogens is 4. The maximum Gasteiger partial charge on any atom is 0.410 e. The maximum absolute atomic E-state index is 13.8. The SMILES string of the molecule is CN(C)C(=O)c1cc2cnc(Nc3ccc(N4CCCC5(CCN(C(=O)OC(C)(C)C)CC5)C4=O)cn3)nc2n1C1CCCC1. The molecule has 1 saturated carbocycles. The molecule has 12 nitrogen and oxygen atoms in total. The molecule has 45 heavy (non-hydrogen) atoms. The molecule has 3 fully saturated rings. The highest BCUT2D eigenvalue weighted by Gasteiger charge is 2.47. The minimum atomic E-state index is -0.548. The summed E-state index contributed by atoms with van der Waals surface area (Å²) in [4.78, 5) is 58.5. The van der Waals surface area contributed by atoms with Gasteiger partial charge in [0, 0.05) is 51.4 Å². The number of carbonyl (C=O) groups excluding carboxylic acids is 3. The molecule has 3 amide bonds. The van der Waals surface area contributed by atoms with Crippen LogP contribution in [0.5, 0.6) is 0 Å². The van der Waals surface area contributed by atoms with Gasteiger partial charge in [-0.15, -0.1) is 0 Å². The Morgan fingerprint density at radius 3 is 2.38 bits per heavy atom. The van der Waals surface area contributed by atoms with Crippen LogP contribution in [0.15, 0.2) is 30.6 Å². The van der Waals surface area contributed by atoms with Crippen molar-refractivity contribution < 1.29 is 19.1 Å². The number of nitrogens with one attached hydrogen (secondary N) is 1. The van der Waals surface area contributed by atoms with Crippen LogP contribution in [-0.2, 0) is 9.53 Å². The van der Waals surface area contributed by atoms with Gasteiger partial charge in [0.1, 0.15) is 22.8 Å². The van der Waals surface area contributed by atoms with Crippen LogP contribution in [0.4, 0.5) is 22.2 Å². The second kappa shape index (κ2) is 11.9. The van der Waals surface area contributed by atoms with E-state index < -0.39 is 11.0 Å². The molecule has 0 radical (unpaired) electrons. The number of rotatable bonds is 5. The molecule has 3 aromatic heterocycles. The van der Waals surface area contributed by atoms with E-state index in [0.29, 0.717) is 49.9 Å². The minimum Gasteiger partial charge on any atom is -0.444 e. The predicted octanol–water partition coefficient (Wildman–Crippen LogP) is 5.53. The van der Waals surface area contributed by atoms with Crippen molar-refractivity contribution in [3.63, 3.8) is 0 Å². The van der Waals surface area contributed by atoms with Gasteiger partial charge in [-0.1, -0.05) is 12.8 Å². The highest BCUT2D eigenvalue weighted by molar-refractivity contribution is 5.99. The van der Waals surface area contributed by atoms with Gasteiger partial charge in [0.25, 0.3) is 5.91 Å². The summed E-state index contributed by atoms with van der Waals surface area (Å²) in [5.41, 5.74) is 1.10. The Morgan fingerprint density at radius 2 is 1.73 bits per heavy atom. The first-order valence-electron chi connectivity index (χ1n) is 16.1. The van der Waals surface area contributed by atoms with Gasteiger partial charge in [0.2, 0.25) is 11.9 Å². The molecule has 2 aliphatic heterocycles. The van der Waals surface area contributed by atoms with Crippen LogP contribution in [0.2, 0.25) is 0 Å². The number of pyridine rings is 1. The highest BCUT2D eigenvalue weighted by atomic mass is 16.6. The summed E-state index contributed by atoms with van der Waals surface area (Å²) < 4.78 is 7.63. The number of carbonyl (C=O) groups is 3. The Bertz CT molecular complexity index is 1580. The molecule has 0 aromatic carbocycles. The van der Waals surface area contributed by atoms with Crippen molar-refractivity contribution in [1.29, 1.82) is 0 Å². The maximum atomic E-state index is 13.8. The number of piperidine rings is 2. The van der Waals surface area contributed by atoms with E-state index in [9.17, 15) is 14.4 Å². The molecular weight excluding hydrogens is 572 g/mol. The summed E-state index contributed by atoms with van der Waals surface area (Å²) in [6, 6.07) is 5.85. The molecule has 0 atom stereocenters. The number of amides is 3. The summed E-state index contributed by atoms with van der Waals surface area (Å²) in [7, 11) is 3.53. The van der Waals surface area contributed by atoms with Crippen molar-refractivity contribution in [2.45, 2.75) is 83.8 Å². The third kappa shape index (κ3) is 6.19. The largest absolute Gasteiger partial charge is 0.444 e. The Hall–Kier alpha value is -4.22. The van der Waals surface area contributed by atoms with Crippen molar-refractivity contribution in [3.8, 4) is 0 Å². The lowest BCUT2D eigenvalue weighted by Gasteiger charge is -2.46. The Kier molecular flexibility index (Phi) is 8.17. The zero-order valence-corrected chi connectivity index (χ0v) is 27.0. The number of hydrogen-bond donors (Lipinski definition) is 1. The summed E-state index contributed by atoms with van der Waals surface area (Å²) >= 11 is 0. The van der Waals surface area contributed by atoms with Gasteiger partial charge in [-0.2, -0.15) is 4.98 Å². The van der Waals surface area contributed by atoms with E-state index in [1.807, 2.05) is 43.9 Å². The topological polar surface area (TPSA) is 126 Å². The first-order valence-corrected chi connectivity index (χ1v) is 16.1. The number of ether oxygens (including phenoxy) is 1. The smallest absolute Gasteiger partial charge is 0.410 e. The van der Waals surface area contributed by atoms with E-state index in [0.717, 1.165) is 55.2 Å². The fraction of sp³-hybridized carbons (Fsp3) is 0.576. The Morgan fingerprint density at radius 1 is 1.00 bits per heavy atom. The number of fused-ring (bicyclic) bond motifs is 1. The molecule has 2 saturated heterocycles. The summed E-state index contributed by atoms with van der Waals surface area (Å²) in [6.45, 7) is 7.24. The molecule has 0 unspecified atom stereocenters. The van der Waals surface area contributed by atoms with Crippen LogP contribution in [0, 0.1) is 5.41 Å². The van der Waals surface area contributed by atoms with Gasteiger partial charge < -0.3 is 29.3 Å². The molecule has 1 N–H and O–H groups in total. The minimum absolute atomic E-state index is 0.0469. The number of hydrogen-bond acceptors (Lipinski definition) is 8. The van der Waals surface area contributed by atoms with Gasteiger partial charge in [-0.05, 0) is 77.5 Å². The molecule has 240 valence electrons. The Labute approximate surface area is 264 Å². The van der Waals surface area contributed by atoms with Crippen LogP contribution in [0.25, 0.3) is 11.0 Å². The number of nitrogens with zero attached hydrogens (tertiary/aromatic N) is 7. The molecule has 3 aromatic rings. The Balaban J connectivity index is 1.16. The van der Waals surface area contributed by atoms with E-state index in [4.69, 9.17) is 9.72 Å². The third-order valence-corrected chi connectivity index (χ3v) is 9.30. The molecule has 0 bridgehead atoms. The molecule has 3 aliphatic rings. The lowest BCUT2D eigenvalue weighted by molar-refractivity contribution is -0.133. The summed E-state index contributed by atoms with van der Waals surface area (Å²) in [5, 5.41) is 4.04. The van der Waals surface area contributed by atoms with Crippen LogP contribution in [0.1, 0.15) is 88.7 Å². The summed E-state index contributed by atoms with van der Waals surface area (Å²) in [5.74, 6) is 1.01. The van der Waals surface area contributed by atoms with E-state index >= 15 is 0 Å². The van der Waals surface area contributed by atoms with Crippen LogP contribution >= 0.6 is 0 Å². The van der Waals surface area contributed by atoms with Gasteiger partial charge in [-0.3, -0.25) is 9.59 Å².